The molecule has 0 aromatic carbocycles. The van der Waals surface area contributed by atoms with Crippen LogP contribution < -0.4 is 0 Å². The molecule has 1 rings (SSSR count). The predicted molar refractivity (Wildman–Crippen MR) is 86.1 cm³/mol. The van der Waals surface area contributed by atoms with Crippen LogP contribution in [0.1, 0.15) is 44.9 Å². The van der Waals surface area contributed by atoms with Crippen molar-refractivity contribution >= 4 is 36.0 Å². The van der Waals surface area contributed by atoms with E-state index in [1.54, 1.807) is 18.0 Å². The average molecular weight is 304 g/mol. The van der Waals surface area contributed by atoms with Crippen LogP contribution in [-0.4, -0.2) is 16.5 Å². The van der Waals surface area contributed by atoms with Crippen LogP contribution in [0.4, 0.5) is 0 Å². The third-order valence-corrected chi connectivity index (χ3v) is 4.59. The molecule has 0 aliphatic heterocycles. The van der Waals surface area contributed by atoms with Crippen molar-refractivity contribution in [1.82, 2.24) is 4.98 Å². The van der Waals surface area contributed by atoms with E-state index in [0.717, 1.165) is 21.6 Å². The summed E-state index contributed by atoms with van der Waals surface area (Å²) in [5.41, 5.74) is 0. The van der Waals surface area contributed by atoms with Crippen molar-refractivity contribution in [3.8, 4) is 0 Å². The molecule has 0 saturated carbocycles. The Bertz CT molecular complexity index is 320. The summed E-state index contributed by atoms with van der Waals surface area (Å²) in [5.74, 6) is 2.15. The molecule has 102 valence electrons. The van der Waals surface area contributed by atoms with E-state index in [1.807, 2.05) is 12.1 Å². The van der Waals surface area contributed by atoms with Gasteiger partial charge in [-0.05, 0) is 36.5 Å². The van der Waals surface area contributed by atoms with Gasteiger partial charge in [0.15, 0.2) is 0 Å². The summed E-state index contributed by atoms with van der Waals surface area (Å²) in [6.07, 6.45) is 11.0. The number of aromatic nitrogens is 1. The Morgan fingerprint density at radius 3 is 2.39 bits per heavy atom. The number of halogens is 1. The van der Waals surface area contributed by atoms with Crippen molar-refractivity contribution in [2.75, 3.05) is 11.5 Å². The minimum atomic E-state index is 0.772. The molecule has 0 bridgehead atoms. The molecule has 1 aromatic rings. The highest BCUT2D eigenvalue weighted by molar-refractivity contribution is 7.99. The first-order chi connectivity index (χ1) is 8.84. The highest BCUT2D eigenvalue weighted by Crippen LogP contribution is 2.25. The lowest BCUT2D eigenvalue weighted by Crippen LogP contribution is -1.86. The van der Waals surface area contributed by atoms with Gasteiger partial charge in [0, 0.05) is 6.20 Å². The van der Waals surface area contributed by atoms with Gasteiger partial charge in [0.1, 0.15) is 5.03 Å². The second kappa shape index (κ2) is 11.0. The van der Waals surface area contributed by atoms with E-state index >= 15 is 0 Å². The lowest BCUT2D eigenvalue weighted by Gasteiger charge is -2.03. The standard InChI is InChI=1S/C14H22ClNS2/c15-13-9-8-10-16-14(13)18-12-7-5-3-1-2-4-6-11-17/h8-10,17H,1-7,11-12H2. The first kappa shape index (κ1) is 16.2. The van der Waals surface area contributed by atoms with E-state index in [1.165, 1.54) is 44.9 Å². The fourth-order valence-electron chi connectivity index (χ4n) is 1.74. The molecular formula is C14H22ClNS2. The minimum absolute atomic E-state index is 0.772. The molecule has 1 aromatic heterocycles. The van der Waals surface area contributed by atoms with Crippen LogP contribution in [0, 0.1) is 0 Å². The summed E-state index contributed by atoms with van der Waals surface area (Å²) >= 11 is 12.0. The van der Waals surface area contributed by atoms with Gasteiger partial charge in [0.05, 0.1) is 5.02 Å². The summed E-state index contributed by atoms with van der Waals surface area (Å²) in [6.45, 7) is 0. The number of thiol groups is 1. The second-order valence-corrected chi connectivity index (χ2v) is 6.28. The van der Waals surface area contributed by atoms with Crippen LogP contribution >= 0.6 is 36.0 Å². The monoisotopic (exact) mass is 303 g/mol. The molecule has 0 saturated heterocycles. The van der Waals surface area contributed by atoms with Crippen molar-refractivity contribution in [1.29, 1.82) is 0 Å². The third-order valence-electron chi connectivity index (χ3n) is 2.77. The molecule has 0 fully saturated rings. The molecule has 0 spiro atoms. The smallest absolute Gasteiger partial charge is 0.115 e. The lowest BCUT2D eigenvalue weighted by molar-refractivity contribution is 0.605. The van der Waals surface area contributed by atoms with Gasteiger partial charge < -0.3 is 0 Å². The lowest BCUT2D eigenvalue weighted by atomic mass is 10.1. The van der Waals surface area contributed by atoms with E-state index in [4.69, 9.17) is 11.6 Å². The van der Waals surface area contributed by atoms with Gasteiger partial charge in [-0.1, -0.05) is 43.7 Å². The molecule has 0 unspecified atom stereocenters. The molecule has 0 N–H and O–H groups in total. The van der Waals surface area contributed by atoms with Crippen LogP contribution in [0.5, 0.6) is 0 Å². The summed E-state index contributed by atoms with van der Waals surface area (Å²) in [7, 11) is 0. The average Bonchev–Trinajstić information content (AvgIpc) is 2.39. The van der Waals surface area contributed by atoms with E-state index in [2.05, 4.69) is 17.6 Å². The number of hydrogen-bond donors (Lipinski definition) is 1. The number of unbranched alkanes of at least 4 members (excludes halogenated alkanes) is 6. The van der Waals surface area contributed by atoms with Gasteiger partial charge in [0.25, 0.3) is 0 Å². The highest BCUT2D eigenvalue weighted by Gasteiger charge is 2.00. The number of thioether (sulfide) groups is 1. The summed E-state index contributed by atoms with van der Waals surface area (Å²) in [6, 6.07) is 3.77. The fraction of sp³-hybridized carbons (Fsp3) is 0.643. The summed E-state index contributed by atoms with van der Waals surface area (Å²) < 4.78 is 0. The maximum Gasteiger partial charge on any atom is 0.115 e. The van der Waals surface area contributed by atoms with Gasteiger partial charge in [-0.2, -0.15) is 12.6 Å². The Labute approximate surface area is 126 Å². The first-order valence-corrected chi connectivity index (χ1v) is 8.68. The van der Waals surface area contributed by atoms with Gasteiger partial charge >= 0.3 is 0 Å². The van der Waals surface area contributed by atoms with Gasteiger partial charge in [-0.15, -0.1) is 11.8 Å². The second-order valence-electron chi connectivity index (χ2n) is 4.34. The molecule has 0 atom stereocenters. The highest BCUT2D eigenvalue weighted by atomic mass is 35.5. The van der Waals surface area contributed by atoms with E-state index < -0.39 is 0 Å². The van der Waals surface area contributed by atoms with E-state index in [9.17, 15) is 0 Å². The molecular weight excluding hydrogens is 282 g/mol. The topological polar surface area (TPSA) is 12.9 Å². The molecule has 1 heterocycles. The summed E-state index contributed by atoms with van der Waals surface area (Å²) in [4.78, 5) is 4.27. The van der Waals surface area contributed by atoms with Crippen molar-refractivity contribution in [3.05, 3.63) is 23.4 Å². The molecule has 4 heteroatoms. The Balaban J connectivity index is 1.94. The fourth-order valence-corrected chi connectivity index (χ4v) is 3.14. The maximum absolute atomic E-state index is 6.05. The van der Waals surface area contributed by atoms with Crippen LogP contribution in [0.3, 0.4) is 0 Å². The first-order valence-electron chi connectivity index (χ1n) is 6.69. The quantitative estimate of drug-likeness (QED) is 0.349. The Morgan fingerprint density at radius 2 is 1.72 bits per heavy atom. The molecule has 0 aliphatic carbocycles. The molecule has 0 radical (unpaired) electrons. The zero-order valence-electron chi connectivity index (χ0n) is 10.8. The van der Waals surface area contributed by atoms with Crippen molar-refractivity contribution < 1.29 is 0 Å². The van der Waals surface area contributed by atoms with Crippen LogP contribution in [0.15, 0.2) is 23.4 Å². The minimum Gasteiger partial charge on any atom is -0.248 e. The largest absolute Gasteiger partial charge is 0.248 e. The third kappa shape index (κ3) is 7.55. The summed E-state index contributed by atoms with van der Waals surface area (Å²) in [5, 5.41) is 1.74. The molecule has 1 nitrogen and oxygen atoms in total. The van der Waals surface area contributed by atoms with Crippen LogP contribution in [0.25, 0.3) is 0 Å². The Morgan fingerprint density at radius 1 is 1.06 bits per heavy atom. The molecule has 0 amide bonds. The number of hydrogen-bond acceptors (Lipinski definition) is 3. The molecule has 0 aliphatic rings. The predicted octanol–water partition coefficient (Wildman–Crippen LogP) is 5.49. The number of rotatable bonds is 10. The Hall–Kier alpha value is 0.140. The van der Waals surface area contributed by atoms with Crippen molar-refractivity contribution in [2.45, 2.75) is 50.0 Å². The maximum atomic E-state index is 6.05. The normalized spacial score (nSPS) is 10.8. The van der Waals surface area contributed by atoms with Gasteiger partial charge in [-0.3, -0.25) is 0 Å². The van der Waals surface area contributed by atoms with Gasteiger partial charge in [-0.25, -0.2) is 4.98 Å². The zero-order chi connectivity index (χ0) is 13.1. The Kier molecular flexibility index (Phi) is 9.90. The molecule has 18 heavy (non-hydrogen) atoms. The van der Waals surface area contributed by atoms with Crippen LogP contribution in [0.2, 0.25) is 5.02 Å². The van der Waals surface area contributed by atoms with E-state index in [0.29, 0.717) is 0 Å². The van der Waals surface area contributed by atoms with Crippen molar-refractivity contribution in [2.24, 2.45) is 0 Å². The number of pyridine rings is 1. The number of nitrogens with zero attached hydrogens (tertiary/aromatic N) is 1. The van der Waals surface area contributed by atoms with Crippen LogP contribution in [-0.2, 0) is 0 Å². The van der Waals surface area contributed by atoms with Crippen molar-refractivity contribution in [3.63, 3.8) is 0 Å². The SMILES string of the molecule is SCCCCCCCCCSc1ncccc1Cl. The van der Waals surface area contributed by atoms with Gasteiger partial charge in [0.2, 0.25) is 0 Å². The van der Waals surface area contributed by atoms with E-state index in [-0.39, 0.29) is 0 Å². The zero-order valence-corrected chi connectivity index (χ0v) is 13.2.